The fraction of sp³-hybridized carbons (Fsp3) is 0.583. The van der Waals surface area contributed by atoms with Crippen molar-refractivity contribution in [2.24, 2.45) is 0 Å². The number of aliphatic hydroxyl groups is 1. The Morgan fingerprint density at radius 3 is 3.00 bits per heavy atom. The third kappa shape index (κ3) is 5.51. The van der Waals surface area contributed by atoms with Crippen LogP contribution in [0.3, 0.4) is 0 Å². The van der Waals surface area contributed by atoms with Crippen LogP contribution >= 0.6 is 0 Å². The molecule has 1 rings (SSSR count). The van der Waals surface area contributed by atoms with Crippen molar-refractivity contribution >= 4 is 5.91 Å². The van der Waals surface area contributed by atoms with Crippen LogP contribution in [-0.2, 0) is 4.79 Å². The molecule has 0 fully saturated rings. The molecule has 0 aliphatic carbocycles. The molecule has 0 saturated carbocycles. The number of hydrogen-bond donors (Lipinski definition) is 3. The zero-order valence-corrected chi connectivity index (χ0v) is 10.1. The fourth-order valence-corrected chi connectivity index (χ4v) is 1.37. The summed E-state index contributed by atoms with van der Waals surface area (Å²) in [5.41, 5.74) is 0. The van der Waals surface area contributed by atoms with Gasteiger partial charge in [0.25, 0.3) is 0 Å². The second-order valence-corrected chi connectivity index (χ2v) is 3.84. The first-order valence-corrected chi connectivity index (χ1v) is 5.93. The molecule has 5 heteroatoms. The highest BCUT2D eigenvalue weighted by Gasteiger charge is 2.09. The number of hydrogen-bond acceptors (Lipinski definition) is 4. The molecule has 0 aliphatic rings. The third-order valence-corrected chi connectivity index (χ3v) is 2.31. The number of furan rings is 1. The Morgan fingerprint density at radius 2 is 2.35 bits per heavy atom. The Morgan fingerprint density at radius 1 is 1.53 bits per heavy atom. The van der Waals surface area contributed by atoms with Crippen LogP contribution < -0.4 is 10.6 Å². The number of amides is 1. The largest absolute Gasteiger partial charge is 0.467 e. The zero-order valence-electron chi connectivity index (χ0n) is 10.1. The highest BCUT2D eigenvalue weighted by atomic mass is 16.4. The molecule has 3 N–H and O–H groups in total. The van der Waals surface area contributed by atoms with E-state index in [-0.39, 0.29) is 5.91 Å². The van der Waals surface area contributed by atoms with Crippen molar-refractivity contribution in [3.05, 3.63) is 24.2 Å². The molecule has 0 spiro atoms. The standard InChI is InChI=1S/C12H20N2O3/c1-2-6-14-12(16)5-7-13-9-10(15)11-4-3-8-17-11/h3-4,8,10,13,15H,2,5-7,9H2,1H3,(H,14,16). The van der Waals surface area contributed by atoms with Crippen molar-refractivity contribution in [2.75, 3.05) is 19.6 Å². The van der Waals surface area contributed by atoms with Gasteiger partial charge in [0.2, 0.25) is 5.91 Å². The quantitative estimate of drug-likeness (QED) is 0.588. The highest BCUT2D eigenvalue weighted by molar-refractivity contribution is 5.75. The SMILES string of the molecule is CCCNC(=O)CCNCC(O)c1ccco1. The van der Waals surface area contributed by atoms with E-state index < -0.39 is 6.10 Å². The molecule has 0 saturated heterocycles. The van der Waals surface area contributed by atoms with Crippen LogP contribution in [0.2, 0.25) is 0 Å². The highest BCUT2D eigenvalue weighted by Crippen LogP contribution is 2.11. The van der Waals surface area contributed by atoms with Gasteiger partial charge in [0.15, 0.2) is 0 Å². The van der Waals surface area contributed by atoms with Gasteiger partial charge in [0, 0.05) is 26.1 Å². The van der Waals surface area contributed by atoms with Crippen molar-refractivity contribution < 1.29 is 14.3 Å². The average Bonchev–Trinajstić information content (AvgIpc) is 2.85. The lowest BCUT2D eigenvalue weighted by Gasteiger charge is -2.09. The first-order valence-electron chi connectivity index (χ1n) is 5.93. The summed E-state index contributed by atoms with van der Waals surface area (Å²) in [6, 6.07) is 3.46. The van der Waals surface area contributed by atoms with E-state index in [9.17, 15) is 9.90 Å². The van der Waals surface area contributed by atoms with Crippen LogP contribution in [0, 0.1) is 0 Å². The lowest BCUT2D eigenvalue weighted by Crippen LogP contribution is -2.29. The van der Waals surface area contributed by atoms with E-state index in [1.807, 2.05) is 6.92 Å². The monoisotopic (exact) mass is 240 g/mol. The lowest BCUT2D eigenvalue weighted by molar-refractivity contribution is -0.121. The molecule has 1 amide bonds. The van der Waals surface area contributed by atoms with Crippen LogP contribution in [0.25, 0.3) is 0 Å². The average molecular weight is 240 g/mol. The van der Waals surface area contributed by atoms with Crippen LogP contribution in [0.4, 0.5) is 0 Å². The smallest absolute Gasteiger partial charge is 0.221 e. The summed E-state index contributed by atoms with van der Waals surface area (Å²) < 4.78 is 5.06. The third-order valence-electron chi connectivity index (χ3n) is 2.31. The number of carbonyl (C=O) groups is 1. The van der Waals surface area contributed by atoms with Gasteiger partial charge in [-0.2, -0.15) is 0 Å². The summed E-state index contributed by atoms with van der Waals surface area (Å²) in [6.45, 7) is 3.66. The van der Waals surface area contributed by atoms with Crippen LogP contribution in [-0.4, -0.2) is 30.6 Å². The maximum Gasteiger partial charge on any atom is 0.221 e. The van der Waals surface area contributed by atoms with Gasteiger partial charge < -0.3 is 20.2 Å². The molecule has 0 aliphatic heterocycles. The van der Waals surface area contributed by atoms with E-state index >= 15 is 0 Å². The molecule has 1 unspecified atom stereocenters. The second kappa shape index (κ2) is 7.86. The van der Waals surface area contributed by atoms with Crippen LogP contribution in [0.15, 0.2) is 22.8 Å². The van der Waals surface area contributed by atoms with Gasteiger partial charge >= 0.3 is 0 Å². The summed E-state index contributed by atoms with van der Waals surface area (Å²) in [5.74, 6) is 0.569. The second-order valence-electron chi connectivity index (χ2n) is 3.84. The van der Waals surface area contributed by atoms with E-state index in [4.69, 9.17) is 4.42 Å². The van der Waals surface area contributed by atoms with E-state index in [1.54, 1.807) is 12.1 Å². The number of carbonyl (C=O) groups excluding carboxylic acids is 1. The number of aliphatic hydroxyl groups excluding tert-OH is 1. The van der Waals surface area contributed by atoms with E-state index in [2.05, 4.69) is 10.6 Å². The molecule has 1 aromatic heterocycles. The molecule has 1 heterocycles. The molecule has 0 bridgehead atoms. The Hall–Kier alpha value is -1.33. The van der Waals surface area contributed by atoms with Gasteiger partial charge in [-0.3, -0.25) is 4.79 Å². The lowest BCUT2D eigenvalue weighted by atomic mass is 10.2. The van der Waals surface area contributed by atoms with Gasteiger partial charge in [0.1, 0.15) is 11.9 Å². The normalized spacial score (nSPS) is 12.4. The zero-order chi connectivity index (χ0) is 12.5. The van der Waals surface area contributed by atoms with E-state index in [0.29, 0.717) is 31.8 Å². The van der Waals surface area contributed by atoms with Crippen molar-refractivity contribution in [2.45, 2.75) is 25.9 Å². The molecule has 0 radical (unpaired) electrons. The van der Waals surface area contributed by atoms with Crippen LogP contribution in [0.5, 0.6) is 0 Å². The first-order chi connectivity index (χ1) is 8.24. The predicted molar refractivity (Wildman–Crippen MR) is 64.5 cm³/mol. The number of rotatable bonds is 8. The van der Waals surface area contributed by atoms with Gasteiger partial charge in [0.05, 0.1) is 6.26 Å². The molecule has 0 aromatic carbocycles. The molecule has 5 nitrogen and oxygen atoms in total. The molecular formula is C12H20N2O3. The van der Waals surface area contributed by atoms with Crippen LogP contribution in [0.1, 0.15) is 31.6 Å². The predicted octanol–water partition coefficient (Wildman–Crippen LogP) is 0.819. The Balaban J connectivity index is 2.06. The molecule has 17 heavy (non-hydrogen) atoms. The molecule has 96 valence electrons. The maximum absolute atomic E-state index is 11.2. The molecular weight excluding hydrogens is 220 g/mol. The minimum atomic E-state index is -0.663. The number of nitrogens with one attached hydrogen (secondary N) is 2. The Labute approximate surface area is 101 Å². The summed E-state index contributed by atoms with van der Waals surface area (Å²) in [7, 11) is 0. The topological polar surface area (TPSA) is 74.5 Å². The summed E-state index contributed by atoms with van der Waals surface area (Å²) in [4.78, 5) is 11.2. The van der Waals surface area contributed by atoms with E-state index in [1.165, 1.54) is 6.26 Å². The van der Waals surface area contributed by atoms with Crippen molar-refractivity contribution in [3.8, 4) is 0 Å². The van der Waals surface area contributed by atoms with Crippen molar-refractivity contribution in [1.29, 1.82) is 0 Å². The van der Waals surface area contributed by atoms with Gasteiger partial charge in [-0.05, 0) is 18.6 Å². The summed E-state index contributed by atoms with van der Waals surface area (Å²) in [6.07, 6.45) is 2.22. The molecule has 1 atom stereocenters. The minimum Gasteiger partial charge on any atom is -0.467 e. The Kier molecular flexibility index (Phi) is 6.35. The Bertz CT molecular complexity index is 312. The van der Waals surface area contributed by atoms with Gasteiger partial charge in [-0.25, -0.2) is 0 Å². The fourth-order valence-electron chi connectivity index (χ4n) is 1.37. The van der Waals surface area contributed by atoms with Crippen molar-refractivity contribution in [1.82, 2.24) is 10.6 Å². The first kappa shape index (κ1) is 13.7. The van der Waals surface area contributed by atoms with Crippen molar-refractivity contribution in [3.63, 3.8) is 0 Å². The van der Waals surface area contributed by atoms with Gasteiger partial charge in [-0.1, -0.05) is 6.92 Å². The maximum atomic E-state index is 11.2. The summed E-state index contributed by atoms with van der Waals surface area (Å²) in [5, 5.41) is 15.5. The van der Waals surface area contributed by atoms with Gasteiger partial charge in [-0.15, -0.1) is 0 Å². The summed E-state index contributed by atoms with van der Waals surface area (Å²) >= 11 is 0. The minimum absolute atomic E-state index is 0.0341. The molecule has 1 aromatic rings. The van der Waals surface area contributed by atoms with E-state index in [0.717, 1.165) is 6.42 Å².